The van der Waals surface area contributed by atoms with Gasteiger partial charge in [0, 0.05) is 44.0 Å². The number of methoxy groups -OCH3 is 1. The van der Waals surface area contributed by atoms with E-state index in [1.54, 1.807) is 35.7 Å². The van der Waals surface area contributed by atoms with E-state index in [1.807, 2.05) is 6.07 Å². The van der Waals surface area contributed by atoms with Gasteiger partial charge < -0.3 is 15.0 Å². The number of nitrogens with one attached hydrogen (secondary N) is 1. The first kappa shape index (κ1) is 22.1. The van der Waals surface area contributed by atoms with Crippen LogP contribution in [0.5, 0.6) is 5.75 Å². The number of nitrogens with zero attached hydrogens (tertiary/aromatic N) is 2. The summed E-state index contributed by atoms with van der Waals surface area (Å²) in [7, 11) is -1.79. The topological polar surface area (TPSA) is 78.9 Å². The van der Waals surface area contributed by atoms with Crippen molar-refractivity contribution in [1.82, 2.24) is 9.62 Å². The summed E-state index contributed by atoms with van der Waals surface area (Å²) < 4.78 is 32.0. The number of ether oxygens (including phenoxy) is 1. The van der Waals surface area contributed by atoms with Gasteiger partial charge >= 0.3 is 0 Å². The van der Waals surface area contributed by atoms with Gasteiger partial charge in [-0.05, 0) is 49.2 Å². The SMILES string of the molecule is COc1cccc(C(=O)NCCCS(=O)(=O)N2CCN(c3cccc(C)c3)CC2)c1. The van der Waals surface area contributed by atoms with Crippen LogP contribution in [0, 0.1) is 6.92 Å². The first-order valence-corrected chi connectivity index (χ1v) is 11.7. The highest BCUT2D eigenvalue weighted by atomic mass is 32.2. The third-order valence-electron chi connectivity index (χ3n) is 5.20. The van der Waals surface area contributed by atoms with Crippen LogP contribution in [0.25, 0.3) is 0 Å². The Hall–Kier alpha value is -2.58. The molecular weight excluding hydrogens is 402 g/mol. The Kier molecular flexibility index (Phi) is 7.33. The van der Waals surface area contributed by atoms with Crippen LogP contribution >= 0.6 is 0 Å². The average Bonchev–Trinajstić information content (AvgIpc) is 2.76. The molecule has 0 aliphatic carbocycles. The predicted octanol–water partition coefficient (Wildman–Crippen LogP) is 2.28. The lowest BCUT2D eigenvalue weighted by atomic mass is 10.2. The molecule has 162 valence electrons. The second kappa shape index (κ2) is 9.95. The molecule has 0 aromatic heterocycles. The Morgan fingerprint density at radius 1 is 1.07 bits per heavy atom. The Morgan fingerprint density at radius 2 is 1.80 bits per heavy atom. The summed E-state index contributed by atoms with van der Waals surface area (Å²) in [6.45, 7) is 4.67. The molecule has 0 unspecified atom stereocenters. The number of hydrogen-bond donors (Lipinski definition) is 1. The molecule has 3 rings (SSSR count). The quantitative estimate of drug-likeness (QED) is 0.649. The summed E-state index contributed by atoms with van der Waals surface area (Å²) in [6.07, 6.45) is 0.371. The second-order valence-electron chi connectivity index (χ2n) is 7.38. The van der Waals surface area contributed by atoms with Gasteiger partial charge in [0.05, 0.1) is 12.9 Å². The van der Waals surface area contributed by atoms with E-state index in [1.165, 1.54) is 5.56 Å². The van der Waals surface area contributed by atoms with E-state index in [0.29, 0.717) is 50.5 Å². The van der Waals surface area contributed by atoms with E-state index in [0.717, 1.165) is 5.69 Å². The van der Waals surface area contributed by atoms with E-state index in [2.05, 4.69) is 35.3 Å². The Balaban J connectivity index is 1.44. The van der Waals surface area contributed by atoms with Gasteiger partial charge in [-0.15, -0.1) is 0 Å². The van der Waals surface area contributed by atoms with E-state index in [-0.39, 0.29) is 11.7 Å². The van der Waals surface area contributed by atoms with Gasteiger partial charge in [-0.3, -0.25) is 4.79 Å². The molecule has 1 amide bonds. The largest absolute Gasteiger partial charge is 0.497 e. The zero-order chi connectivity index (χ0) is 21.6. The van der Waals surface area contributed by atoms with Crippen molar-refractivity contribution in [2.75, 3.05) is 50.5 Å². The van der Waals surface area contributed by atoms with Gasteiger partial charge in [0.1, 0.15) is 5.75 Å². The van der Waals surface area contributed by atoms with E-state index in [4.69, 9.17) is 4.74 Å². The molecule has 7 nitrogen and oxygen atoms in total. The third kappa shape index (κ3) is 5.73. The first-order chi connectivity index (χ1) is 14.4. The molecule has 1 heterocycles. The Morgan fingerprint density at radius 3 is 2.50 bits per heavy atom. The normalized spacial score (nSPS) is 15.1. The second-order valence-corrected chi connectivity index (χ2v) is 9.47. The number of benzene rings is 2. The van der Waals surface area contributed by atoms with Crippen molar-refractivity contribution in [3.8, 4) is 5.75 Å². The van der Waals surface area contributed by atoms with Gasteiger partial charge in [0.15, 0.2) is 0 Å². The van der Waals surface area contributed by atoms with Crippen LogP contribution in [0.4, 0.5) is 5.69 Å². The highest BCUT2D eigenvalue weighted by Crippen LogP contribution is 2.19. The standard InChI is InChI=1S/C22H29N3O4S/c1-18-6-3-8-20(16-18)24-11-13-25(14-12-24)30(27,28)15-5-10-23-22(26)19-7-4-9-21(17-19)29-2/h3-4,6-9,16-17H,5,10-15H2,1-2H3,(H,23,26). The van der Waals surface area contributed by atoms with Crippen molar-refractivity contribution in [2.24, 2.45) is 0 Å². The van der Waals surface area contributed by atoms with Gasteiger partial charge in [-0.25, -0.2) is 8.42 Å². The summed E-state index contributed by atoms with van der Waals surface area (Å²) in [4.78, 5) is 14.4. The van der Waals surface area contributed by atoms with Crippen LogP contribution < -0.4 is 15.0 Å². The van der Waals surface area contributed by atoms with E-state index < -0.39 is 10.0 Å². The number of carbonyl (C=O) groups is 1. The van der Waals surface area contributed by atoms with Crippen molar-refractivity contribution in [3.05, 3.63) is 59.7 Å². The van der Waals surface area contributed by atoms with E-state index >= 15 is 0 Å². The van der Waals surface area contributed by atoms with Crippen molar-refractivity contribution in [2.45, 2.75) is 13.3 Å². The van der Waals surface area contributed by atoms with Crippen LogP contribution in [-0.2, 0) is 10.0 Å². The smallest absolute Gasteiger partial charge is 0.251 e. The van der Waals surface area contributed by atoms with Gasteiger partial charge in [0.2, 0.25) is 10.0 Å². The minimum atomic E-state index is -3.33. The molecule has 1 fully saturated rings. The summed E-state index contributed by atoms with van der Waals surface area (Å²) in [5.74, 6) is 0.392. The van der Waals surface area contributed by atoms with Crippen molar-refractivity contribution in [3.63, 3.8) is 0 Å². The molecule has 0 saturated carbocycles. The maximum Gasteiger partial charge on any atom is 0.251 e. The van der Waals surface area contributed by atoms with E-state index in [9.17, 15) is 13.2 Å². The van der Waals surface area contributed by atoms with Crippen molar-refractivity contribution >= 4 is 21.6 Å². The molecule has 0 atom stereocenters. The molecule has 0 radical (unpaired) electrons. The molecule has 1 aliphatic heterocycles. The number of amides is 1. The summed E-state index contributed by atoms with van der Waals surface area (Å²) >= 11 is 0. The summed E-state index contributed by atoms with van der Waals surface area (Å²) in [5.41, 5.74) is 2.82. The van der Waals surface area contributed by atoms with Crippen LogP contribution in [0.3, 0.4) is 0 Å². The number of carbonyl (C=O) groups excluding carboxylic acids is 1. The monoisotopic (exact) mass is 431 g/mol. The van der Waals surface area contributed by atoms with Crippen LogP contribution in [0.2, 0.25) is 0 Å². The fourth-order valence-corrected chi connectivity index (χ4v) is 4.99. The van der Waals surface area contributed by atoms with Gasteiger partial charge in [-0.2, -0.15) is 4.31 Å². The van der Waals surface area contributed by atoms with Gasteiger partial charge in [0.25, 0.3) is 5.91 Å². The molecule has 0 bridgehead atoms. The predicted molar refractivity (Wildman–Crippen MR) is 119 cm³/mol. The summed E-state index contributed by atoms with van der Waals surface area (Å²) in [6, 6.07) is 15.1. The molecule has 30 heavy (non-hydrogen) atoms. The number of hydrogen-bond acceptors (Lipinski definition) is 5. The highest BCUT2D eigenvalue weighted by molar-refractivity contribution is 7.89. The third-order valence-corrected chi connectivity index (χ3v) is 7.15. The van der Waals surface area contributed by atoms with Crippen molar-refractivity contribution < 1.29 is 17.9 Å². The summed E-state index contributed by atoms with van der Waals surface area (Å²) in [5, 5.41) is 2.77. The van der Waals surface area contributed by atoms with Crippen LogP contribution in [0.1, 0.15) is 22.3 Å². The molecule has 0 spiro atoms. The van der Waals surface area contributed by atoms with Gasteiger partial charge in [-0.1, -0.05) is 18.2 Å². The maximum atomic E-state index is 12.7. The number of anilines is 1. The molecule has 1 aliphatic rings. The average molecular weight is 432 g/mol. The minimum Gasteiger partial charge on any atom is -0.497 e. The number of rotatable bonds is 8. The fraction of sp³-hybridized carbons (Fsp3) is 0.409. The zero-order valence-electron chi connectivity index (χ0n) is 17.5. The lowest BCUT2D eigenvalue weighted by Crippen LogP contribution is -2.49. The number of aryl methyl sites for hydroxylation is 1. The Bertz CT molecular complexity index is 970. The molecule has 8 heteroatoms. The molecule has 2 aromatic rings. The lowest BCUT2D eigenvalue weighted by Gasteiger charge is -2.35. The molecular formula is C22H29N3O4S. The molecule has 2 aromatic carbocycles. The number of sulfonamides is 1. The maximum absolute atomic E-state index is 12.7. The zero-order valence-corrected chi connectivity index (χ0v) is 18.3. The van der Waals surface area contributed by atoms with Crippen molar-refractivity contribution in [1.29, 1.82) is 0 Å². The molecule has 1 saturated heterocycles. The Labute approximate surface area is 178 Å². The fourth-order valence-electron chi connectivity index (χ4n) is 3.50. The highest BCUT2D eigenvalue weighted by Gasteiger charge is 2.26. The number of piperazine rings is 1. The lowest BCUT2D eigenvalue weighted by molar-refractivity contribution is 0.0953. The van der Waals surface area contributed by atoms with Crippen LogP contribution in [-0.4, -0.2) is 64.2 Å². The molecule has 1 N–H and O–H groups in total. The van der Waals surface area contributed by atoms with Crippen LogP contribution in [0.15, 0.2) is 48.5 Å². The first-order valence-electron chi connectivity index (χ1n) is 10.1. The minimum absolute atomic E-state index is 0.0236.